The van der Waals surface area contributed by atoms with Crippen molar-refractivity contribution in [2.24, 2.45) is 5.92 Å². The van der Waals surface area contributed by atoms with Gasteiger partial charge in [0.2, 0.25) is 0 Å². The number of hydrogen-bond donors (Lipinski definition) is 1. The number of hydrogen-bond acceptors (Lipinski definition) is 1. The zero-order chi connectivity index (χ0) is 16.1. The van der Waals surface area contributed by atoms with E-state index >= 15 is 0 Å². The maximum Gasteiger partial charge on any atom is 0.127 e. The summed E-state index contributed by atoms with van der Waals surface area (Å²) in [5, 5.41) is 2.96. The topological polar surface area (TPSA) is 13.7 Å². The summed E-state index contributed by atoms with van der Waals surface area (Å²) in [5.74, 6) is 1.85. The molecule has 0 aliphatic carbocycles. The molecule has 2 aromatic carbocycles. The smallest absolute Gasteiger partial charge is 0.127 e. The van der Waals surface area contributed by atoms with Crippen LogP contribution in [0.15, 0.2) is 36.4 Å². The first kappa shape index (κ1) is 16.6. The van der Waals surface area contributed by atoms with E-state index in [2.05, 4.69) is 13.0 Å². The van der Waals surface area contributed by atoms with Crippen LogP contribution < -0.4 is 9.64 Å². The minimum Gasteiger partial charge on any atom is -0.493 e. The van der Waals surface area contributed by atoms with Crippen LogP contribution in [0.4, 0.5) is 0 Å². The van der Waals surface area contributed by atoms with Gasteiger partial charge >= 0.3 is 0 Å². The maximum absolute atomic E-state index is 6.25. The van der Waals surface area contributed by atoms with Crippen molar-refractivity contribution in [3.05, 3.63) is 41.4 Å². The highest BCUT2D eigenvalue weighted by Gasteiger charge is 2.18. The quantitative estimate of drug-likeness (QED) is 0.790. The lowest BCUT2D eigenvalue weighted by Gasteiger charge is -2.27. The lowest BCUT2D eigenvalue weighted by Crippen LogP contribution is -3.13. The molecule has 3 heteroatoms. The van der Waals surface area contributed by atoms with E-state index in [1.165, 1.54) is 38.9 Å². The summed E-state index contributed by atoms with van der Waals surface area (Å²) in [6.07, 6.45) is 5.17. The Bertz CT molecular complexity index is 643. The fraction of sp³-hybridized carbons (Fsp3) is 0.500. The van der Waals surface area contributed by atoms with Gasteiger partial charge < -0.3 is 9.64 Å². The summed E-state index contributed by atoms with van der Waals surface area (Å²) in [6, 6.07) is 12.1. The molecule has 124 valence electrons. The van der Waals surface area contributed by atoms with Crippen LogP contribution in [0.25, 0.3) is 10.8 Å². The van der Waals surface area contributed by atoms with E-state index in [4.69, 9.17) is 16.3 Å². The molecule has 1 saturated heterocycles. The van der Waals surface area contributed by atoms with Crippen molar-refractivity contribution in [2.75, 3.05) is 26.2 Å². The third kappa shape index (κ3) is 4.39. The number of fused-ring (bicyclic) bond motifs is 1. The summed E-state index contributed by atoms with van der Waals surface area (Å²) in [4.78, 5) is 1.78. The van der Waals surface area contributed by atoms with Crippen molar-refractivity contribution in [2.45, 2.75) is 32.6 Å². The first-order chi connectivity index (χ1) is 11.2. The Morgan fingerprint density at radius 1 is 1.13 bits per heavy atom. The molecule has 1 aliphatic rings. The highest BCUT2D eigenvalue weighted by atomic mass is 35.5. The second-order valence-electron chi connectivity index (χ2n) is 6.85. The predicted molar refractivity (Wildman–Crippen MR) is 97.6 cm³/mol. The number of halogens is 1. The van der Waals surface area contributed by atoms with Gasteiger partial charge in [-0.1, -0.05) is 42.8 Å². The van der Waals surface area contributed by atoms with Crippen LogP contribution in [-0.4, -0.2) is 26.2 Å². The molecule has 1 fully saturated rings. The summed E-state index contributed by atoms with van der Waals surface area (Å²) >= 11 is 6.25. The molecule has 0 amide bonds. The molecule has 1 N–H and O–H groups in total. The van der Waals surface area contributed by atoms with E-state index in [0.717, 1.165) is 40.5 Å². The van der Waals surface area contributed by atoms with Crippen LogP contribution >= 0.6 is 11.6 Å². The van der Waals surface area contributed by atoms with Gasteiger partial charge in [-0.25, -0.2) is 0 Å². The predicted octanol–water partition coefficient (Wildman–Crippen LogP) is 3.97. The molecule has 0 bridgehead atoms. The van der Waals surface area contributed by atoms with Crippen LogP contribution in [0.1, 0.15) is 32.6 Å². The van der Waals surface area contributed by atoms with E-state index in [9.17, 15) is 0 Å². The number of benzene rings is 2. The molecule has 0 radical (unpaired) electrons. The van der Waals surface area contributed by atoms with Crippen molar-refractivity contribution in [3.8, 4) is 5.75 Å². The molecule has 1 unspecified atom stereocenters. The van der Waals surface area contributed by atoms with Gasteiger partial charge in [-0.05, 0) is 37.8 Å². The SMILES string of the molecule is C[C@@H]1CCC[NH+](CCCCOc2ccc(Cl)c3ccccc23)C1. The molecule has 1 aliphatic heterocycles. The third-order valence-electron chi connectivity index (χ3n) is 4.88. The molecular formula is C20H27ClNO+. The Morgan fingerprint density at radius 2 is 1.96 bits per heavy atom. The molecule has 3 rings (SSSR count). The molecule has 0 saturated carbocycles. The number of piperidine rings is 1. The fourth-order valence-corrected chi connectivity index (χ4v) is 3.87. The Kier molecular flexibility index (Phi) is 5.80. The summed E-state index contributed by atoms with van der Waals surface area (Å²) in [7, 11) is 0. The standard InChI is InChI=1S/C20H26ClNO/c1-16-7-6-13-22(15-16)12-4-5-14-23-20-11-10-19(21)17-8-2-3-9-18(17)20/h2-3,8-11,16H,4-7,12-15H2,1H3/p+1/t16-/m1/s1. The van der Waals surface area contributed by atoms with Gasteiger partial charge in [-0.2, -0.15) is 0 Å². The van der Waals surface area contributed by atoms with Gasteiger partial charge in [-0.3, -0.25) is 0 Å². The van der Waals surface area contributed by atoms with Crippen molar-refractivity contribution >= 4 is 22.4 Å². The summed E-state index contributed by atoms with van der Waals surface area (Å²) in [5.41, 5.74) is 0. The van der Waals surface area contributed by atoms with E-state index in [1.54, 1.807) is 4.90 Å². The minimum atomic E-state index is 0.786. The molecule has 1 heterocycles. The van der Waals surface area contributed by atoms with E-state index in [1.807, 2.05) is 30.3 Å². The average Bonchev–Trinajstić information content (AvgIpc) is 2.57. The average molecular weight is 333 g/mol. The lowest BCUT2D eigenvalue weighted by atomic mass is 10.0. The number of quaternary nitrogens is 1. The van der Waals surface area contributed by atoms with Gasteiger partial charge in [0.15, 0.2) is 0 Å². The number of nitrogens with one attached hydrogen (secondary N) is 1. The van der Waals surface area contributed by atoms with Crippen LogP contribution in [0.5, 0.6) is 5.75 Å². The highest BCUT2D eigenvalue weighted by molar-refractivity contribution is 6.35. The zero-order valence-electron chi connectivity index (χ0n) is 14.0. The van der Waals surface area contributed by atoms with Gasteiger partial charge in [0.1, 0.15) is 5.75 Å². The first-order valence-corrected chi connectivity index (χ1v) is 9.25. The summed E-state index contributed by atoms with van der Waals surface area (Å²) in [6.45, 7) is 7.16. The zero-order valence-corrected chi connectivity index (χ0v) is 14.7. The van der Waals surface area contributed by atoms with E-state index < -0.39 is 0 Å². The molecule has 2 aromatic rings. The number of unbranched alkanes of at least 4 members (excludes halogenated alkanes) is 1. The van der Waals surface area contributed by atoms with Crippen molar-refractivity contribution < 1.29 is 9.64 Å². The van der Waals surface area contributed by atoms with Gasteiger partial charge in [0.05, 0.1) is 26.2 Å². The number of rotatable bonds is 6. The number of likely N-dealkylation sites (tertiary alicyclic amines) is 1. The Morgan fingerprint density at radius 3 is 2.78 bits per heavy atom. The minimum absolute atomic E-state index is 0.786. The Labute approximate surface area is 144 Å². The van der Waals surface area contributed by atoms with Crippen LogP contribution in [0.2, 0.25) is 5.02 Å². The van der Waals surface area contributed by atoms with Crippen LogP contribution in [-0.2, 0) is 0 Å². The Balaban J connectivity index is 1.47. The first-order valence-electron chi connectivity index (χ1n) is 8.87. The fourth-order valence-electron chi connectivity index (χ4n) is 3.64. The summed E-state index contributed by atoms with van der Waals surface area (Å²) < 4.78 is 6.02. The molecule has 2 atom stereocenters. The molecular weight excluding hydrogens is 306 g/mol. The van der Waals surface area contributed by atoms with Crippen LogP contribution in [0.3, 0.4) is 0 Å². The van der Waals surface area contributed by atoms with Crippen molar-refractivity contribution in [1.82, 2.24) is 0 Å². The van der Waals surface area contributed by atoms with Crippen molar-refractivity contribution in [3.63, 3.8) is 0 Å². The van der Waals surface area contributed by atoms with Crippen LogP contribution in [0, 0.1) is 5.92 Å². The lowest BCUT2D eigenvalue weighted by molar-refractivity contribution is -0.908. The Hall–Kier alpha value is -1.25. The molecule has 0 spiro atoms. The second kappa shape index (κ2) is 8.03. The van der Waals surface area contributed by atoms with Crippen molar-refractivity contribution in [1.29, 1.82) is 0 Å². The van der Waals surface area contributed by atoms with Gasteiger partial charge in [0, 0.05) is 21.7 Å². The largest absolute Gasteiger partial charge is 0.493 e. The third-order valence-corrected chi connectivity index (χ3v) is 5.21. The molecule has 2 nitrogen and oxygen atoms in total. The second-order valence-corrected chi connectivity index (χ2v) is 7.26. The normalized spacial score (nSPS) is 21.5. The van der Waals surface area contributed by atoms with Gasteiger partial charge in [-0.15, -0.1) is 0 Å². The molecule has 23 heavy (non-hydrogen) atoms. The van der Waals surface area contributed by atoms with E-state index in [0.29, 0.717) is 0 Å². The number of ether oxygens (including phenoxy) is 1. The monoisotopic (exact) mass is 332 g/mol. The van der Waals surface area contributed by atoms with Gasteiger partial charge in [0.25, 0.3) is 0 Å². The van der Waals surface area contributed by atoms with E-state index in [-0.39, 0.29) is 0 Å². The maximum atomic E-state index is 6.25. The highest BCUT2D eigenvalue weighted by Crippen LogP contribution is 2.31. The molecule has 0 aromatic heterocycles.